The van der Waals surface area contributed by atoms with Crippen molar-refractivity contribution < 1.29 is 4.74 Å². The third-order valence-electron chi connectivity index (χ3n) is 4.56. The van der Waals surface area contributed by atoms with Gasteiger partial charge in [0, 0.05) is 16.3 Å². The number of hydrogen-bond acceptors (Lipinski definition) is 3. The van der Waals surface area contributed by atoms with Crippen LogP contribution in [0.1, 0.15) is 16.7 Å². The molecule has 0 bridgehead atoms. The fraction of sp³-hybridized carbons (Fsp3) is 0.167. The average molecular weight is 374 g/mol. The molecule has 0 saturated carbocycles. The monoisotopic (exact) mass is 373 g/mol. The first-order valence-electron chi connectivity index (χ1n) is 9.17. The minimum Gasteiger partial charge on any atom is -0.492 e. The molecule has 1 heterocycles. The van der Waals surface area contributed by atoms with Crippen molar-refractivity contribution in [3.8, 4) is 5.75 Å². The van der Waals surface area contributed by atoms with Crippen LogP contribution in [0.5, 0.6) is 5.75 Å². The van der Waals surface area contributed by atoms with Gasteiger partial charge in [-0.2, -0.15) is 0 Å². The van der Waals surface area contributed by atoms with Gasteiger partial charge in [-0.15, -0.1) is 0 Å². The Balaban J connectivity index is 1.72. The Morgan fingerprint density at radius 1 is 0.852 bits per heavy atom. The highest BCUT2D eigenvalue weighted by atomic mass is 32.2. The van der Waals surface area contributed by atoms with E-state index in [9.17, 15) is 0 Å². The van der Waals surface area contributed by atoms with Gasteiger partial charge >= 0.3 is 0 Å². The SMILES string of the molecule is CN(C)CCOc1ccc2c(c1)Sc1ccccc1C2=Cc1ccccc1. The molecule has 3 aromatic rings. The lowest BCUT2D eigenvalue weighted by Crippen LogP contribution is -2.19. The van der Waals surface area contributed by atoms with Crippen LogP contribution in [0.4, 0.5) is 0 Å². The van der Waals surface area contributed by atoms with Crippen molar-refractivity contribution in [2.75, 3.05) is 27.2 Å². The molecule has 0 unspecified atom stereocenters. The number of likely N-dealkylation sites (N-methyl/N-ethyl adjacent to an activating group) is 1. The Kier molecular flexibility index (Phi) is 5.33. The number of benzene rings is 3. The molecular weight excluding hydrogens is 350 g/mol. The molecule has 0 amide bonds. The van der Waals surface area contributed by atoms with E-state index in [0.717, 1.165) is 12.3 Å². The van der Waals surface area contributed by atoms with Crippen LogP contribution < -0.4 is 4.74 Å². The van der Waals surface area contributed by atoms with E-state index < -0.39 is 0 Å². The summed E-state index contributed by atoms with van der Waals surface area (Å²) in [5, 5.41) is 0. The molecule has 27 heavy (non-hydrogen) atoms. The van der Waals surface area contributed by atoms with E-state index in [1.165, 1.54) is 32.1 Å². The maximum Gasteiger partial charge on any atom is 0.120 e. The first-order valence-corrected chi connectivity index (χ1v) is 9.98. The summed E-state index contributed by atoms with van der Waals surface area (Å²) in [6.07, 6.45) is 2.28. The van der Waals surface area contributed by atoms with Gasteiger partial charge in [-0.25, -0.2) is 0 Å². The van der Waals surface area contributed by atoms with Crippen LogP contribution in [0.15, 0.2) is 82.6 Å². The number of fused-ring (bicyclic) bond motifs is 2. The van der Waals surface area contributed by atoms with Crippen molar-refractivity contribution in [2.45, 2.75) is 9.79 Å². The van der Waals surface area contributed by atoms with Crippen molar-refractivity contribution in [1.82, 2.24) is 4.90 Å². The Morgan fingerprint density at radius 3 is 2.41 bits per heavy atom. The number of ether oxygens (including phenoxy) is 1. The number of nitrogens with zero attached hydrogens (tertiary/aromatic N) is 1. The van der Waals surface area contributed by atoms with Crippen LogP contribution in [0.3, 0.4) is 0 Å². The summed E-state index contributed by atoms with van der Waals surface area (Å²) in [5.41, 5.74) is 5.04. The lowest BCUT2D eigenvalue weighted by molar-refractivity contribution is 0.261. The molecule has 1 aliphatic heterocycles. The molecule has 3 aromatic carbocycles. The summed E-state index contributed by atoms with van der Waals surface area (Å²) in [7, 11) is 4.12. The molecule has 3 heteroatoms. The van der Waals surface area contributed by atoms with Crippen molar-refractivity contribution in [1.29, 1.82) is 0 Å². The molecule has 0 fully saturated rings. The molecule has 0 radical (unpaired) electrons. The van der Waals surface area contributed by atoms with Crippen LogP contribution in [-0.4, -0.2) is 32.1 Å². The zero-order valence-electron chi connectivity index (χ0n) is 15.7. The largest absolute Gasteiger partial charge is 0.492 e. The summed E-state index contributed by atoms with van der Waals surface area (Å²) in [5.74, 6) is 0.932. The van der Waals surface area contributed by atoms with Gasteiger partial charge in [0.2, 0.25) is 0 Å². The minimum atomic E-state index is 0.694. The second kappa shape index (κ2) is 8.03. The highest BCUT2D eigenvalue weighted by Gasteiger charge is 2.21. The summed E-state index contributed by atoms with van der Waals surface area (Å²) in [6.45, 7) is 1.60. The van der Waals surface area contributed by atoms with Gasteiger partial charge < -0.3 is 9.64 Å². The zero-order chi connectivity index (χ0) is 18.6. The van der Waals surface area contributed by atoms with E-state index >= 15 is 0 Å². The fourth-order valence-corrected chi connectivity index (χ4v) is 4.29. The summed E-state index contributed by atoms with van der Waals surface area (Å²) >= 11 is 1.82. The molecule has 0 aliphatic carbocycles. The Morgan fingerprint density at radius 2 is 1.59 bits per heavy atom. The Hall–Kier alpha value is -2.49. The van der Waals surface area contributed by atoms with Gasteiger partial charge in [0.15, 0.2) is 0 Å². The standard InChI is InChI=1S/C24H23NOS/c1-25(2)14-15-26-19-12-13-21-22(16-18-8-4-3-5-9-18)20-10-6-7-11-23(20)27-24(21)17-19/h3-13,16-17H,14-15H2,1-2H3. The number of rotatable bonds is 5. The van der Waals surface area contributed by atoms with Crippen LogP contribution >= 0.6 is 11.8 Å². The number of hydrogen-bond donors (Lipinski definition) is 0. The summed E-state index contributed by atoms with van der Waals surface area (Å²) in [4.78, 5) is 4.67. The lowest BCUT2D eigenvalue weighted by Gasteiger charge is -2.23. The summed E-state index contributed by atoms with van der Waals surface area (Å²) < 4.78 is 5.95. The van der Waals surface area contributed by atoms with E-state index in [4.69, 9.17) is 4.74 Å². The van der Waals surface area contributed by atoms with E-state index in [1.807, 2.05) is 11.8 Å². The van der Waals surface area contributed by atoms with Gasteiger partial charge in [0.25, 0.3) is 0 Å². The predicted octanol–water partition coefficient (Wildman–Crippen LogP) is 5.68. The minimum absolute atomic E-state index is 0.694. The smallest absolute Gasteiger partial charge is 0.120 e. The van der Waals surface area contributed by atoms with Crippen LogP contribution in [0, 0.1) is 0 Å². The molecule has 0 saturated heterocycles. The molecule has 0 aromatic heterocycles. The average Bonchev–Trinajstić information content (AvgIpc) is 2.68. The maximum atomic E-state index is 5.95. The van der Waals surface area contributed by atoms with Gasteiger partial charge in [0.1, 0.15) is 12.4 Å². The topological polar surface area (TPSA) is 12.5 Å². The molecule has 4 rings (SSSR count). The van der Waals surface area contributed by atoms with Gasteiger partial charge in [0.05, 0.1) is 0 Å². The Bertz CT molecular complexity index is 963. The first kappa shape index (κ1) is 17.9. The van der Waals surface area contributed by atoms with Crippen molar-refractivity contribution in [3.05, 3.63) is 89.5 Å². The highest BCUT2D eigenvalue weighted by molar-refractivity contribution is 7.99. The molecule has 0 N–H and O–H groups in total. The third kappa shape index (κ3) is 4.10. The molecular formula is C24H23NOS. The lowest BCUT2D eigenvalue weighted by atomic mass is 9.95. The van der Waals surface area contributed by atoms with Gasteiger partial charge in [-0.05, 0) is 66.7 Å². The normalized spacial score (nSPS) is 14.1. The van der Waals surface area contributed by atoms with Gasteiger partial charge in [-0.1, -0.05) is 60.3 Å². The van der Waals surface area contributed by atoms with Crippen molar-refractivity contribution >= 4 is 23.4 Å². The molecule has 2 nitrogen and oxygen atoms in total. The van der Waals surface area contributed by atoms with Crippen molar-refractivity contribution in [2.24, 2.45) is 0 Å². The molecule has 136 valence electrons. The molecule has 1 aliphatic rings. The second-order valence-corrected chi connectivity index (χ2v) is 7.96. The van der Waals surface area contributed by atoms with Gasteiger partial charge in [-0.3, -0.25) is 0 Å². The van der Waals surface area contributed by atoms with Crippen molar-refractivity contribution in [3.63, 3.8) is 0 Å². The highest BCUT2D eigenvalue weighted by Crippen LogP contribution is 2.47. The van der Waals surface area contributed by atoms with E-state index in [2.05, 4.69) is 97.9 Å². The zero-order valence-corrected chi connectivity index (χ0v) is 16.5. The van der Waals surface area contributed by atoms with Crippen LogP contribution in [0.2, 0.25) is 0 Å². The molecule has 0 spiro atoms. The third-order valence-corrected chi connectivity index (χ3v) is 5.69. The fourth-order valence-electron chi connectivity index (χ4n) is 3.16. The van der Waals surface area contributed by atoms with E-state index in [0.29, 0.717) is 6.61 Å². The molecule has 0 atom stereocenters. The first-order chi connectivity index (χ1) is 13.2. The van der Waals surface area contributed by atoms with E-state index in [-0.39, 0.29) is 0 Å². The van der Waals surface area contributed by atoms with Crippen LogP contribution in [-0.2, 0) is 0 Å². The van der Waals surface area contributed by atoms with Crippen LogP contribution in [0.25, 0.3) is 11.6 Å². The predicted molar refractivity (Wildman–Crippen MR) is 114 cm³/mol. The van der Waals surface area contributed by atoms with E-state index in [1.54, 1.807) is 0 Å². The quantitative estimate of drug-likeness (QED) is 0.446. The second-order valence-electron chi connectivity index (χ2n) is 6.88. The summed E-state index contributed by atoms with van der Waals surface area (Å²) in [6, 6.07) is 25.6. The Labute approximate surface area is 165 Å². The maximum absolute atomic E-state index is 5.95.